The van der Waals surface area contributed by atoms with Crippen molar-refractivity contribution in [3.8, 4) is 0 Å². The largest absolute Gasteiger partial charge is 0.364 e. The number of hydrogen-bond donors (Lipinski definition) is 2. The molecule has 0 spiro atoms. The summed E-state index contributed by atoms with van der Waals surface area (Å²) in [6.07, 6.45) is 0. The minimum absolute atomic E-state index is 0.215. The molecule has 1 aromatic heterocycles. The lowest BCUT2D eigenvalue weighted by atomic mass is 10.2. The molecule has 2 heterocycles. The summed E-state index contributed by atoms with van der Waals surface area (Å²) >= 11 is 0. The molecule has 0 unspecified atom stereocenters. The summed E-state index contributed by atoms with van der Waals surface area (Å²) in [5.41, 5.74) is 6.24. The maximum absolute atomic E-state index is 11.0. The first-order chi connectivity index (χ1) is 7.75. The number of nitrogens with one attached hydrogen (secondary N) is 1. The van der Waals surface area contributed by atoms with Gasteiger partial charge in [0.15, 0.2) is 0 Å². The molecule has 1 aliphatic heterocycles. The third-order valence-corrected chi connectivity index (χ3v) is 2.58. The Balaban J connectivity index is 2.02. The van der Waals surface area contributed by atoms with Crippen molar-refractivity contribution >= 4 is 5.91 Å². The van der Waals surface area contributed by atoms with Crippen molar-refractivity contribution in [2.45, 2.75) is 6.54 Å². The molecule has 5 nitrogen and oxygen atoms in total. The molecule has 1 saturated heterocycles. The molecule has 85 valence electrons. The number of carbonyl (C=O) groups is 1. The quantitative estimate of drug-likeness (QED) is 0.711. The van der Waals surface area contributed by atoms with Crippen LogP contribution < -0.4 is 11.1 Å². The van der Waals surface area contributed by atoms with Crippen molar-refractivity contribution in [2.75, 3.05) is 26.2 Å². The van der Waals surface area contributed by atoms with Crippen LogP contribution in [0.5, 0.6) is 0 Å². The first-order valence-corrected chi connectivity index (χ1v) is 5.36. The van der Waals surface area contributed by atoms with E-state index < -0.39 is 5.91 Å². The lowest BCUT2D eigenvalue weighted by molar-refractivity contribution is 0.0994. The first kappa shape index (κ1) is 11.0. The Morgan fingerprint density at radius 2 is 2.31 bits per heavy atom. The van der Waals surface area contributed by atoms with Crippen molar-refractivity contribution in [2.24, 2.45) is 5.73 Å². The average molecular weight is 219 g/mol. The zero-order valence-electron chi connectivity index (χ0n) is 9.07. The van der Waals surface area contributed by atoms with E-state index in [0.29, 0.717) is 0 Å². The summed E-state index contributed by atoms with van der Waals surface area (Å²) in [7, 11) is 0. The number of pyridine rings is 1. The smallest absolute Gasteiger partial charge is 0.267 e. The molecule has 1 amide bonds. The zero-order chi connectivity index (χ0) is 11.4. The fourth-order valence-electron chi connectivity index (χ4n) is 1.74. The molecule has 1 radical (unpaired) electrons. The molecule has 0 bridgehead atoms. The Labute approximate surface area is 94.6 Å². The summed E-state index contributed by atoms with van der Waals surface area (Å²) < 4.78 is 0. The van der Waals surface area contributed by atoms with Crippen LogP contribution in [0.1, 0.15) is 16.2 Å². The fourth-order valence-corrected chi connectivity index (χ4v) is 1.74. The maximum Gasteiger partial charge on any atom is 0.267 e. The van der Waals surface area contributed by atoms with Crippen LogP contribution in [0.25, 0.3) is 0 Å². The summed E-state index contributed by atoms with van der Waals surface area (Å²) in [5.74, 6) is -0.526. The van der Waals surface area contributed by atoms with Crippen LogP contribution >= 0.6 is 0 Å². The van der Waals surface area contributed by atoms with Crippen molar-refractivity contribution in [1.82, 2.24) is 15.2 Å². The molecule has 0 aliphatic carbocycles. The summed E-state index contributed by atoms with van der Waals surface area (Å²) in [6.45, 7) is 4.78. The third kappa shape index (κ3) is 2.77. The Bertz CT molecular complexity index is 374. The van der Waals surface area contributed by atoms with E-state index in [1.165, 1.54) is 0 Å². The van der Waals surface area contributed by atoms with Gasteiger partial charge in [-0.05, 0) is 6.07 Å². The highest BCUT2D eigenvalue weighted by atomic mass is 16.1. The summed E-state index contributed by atoms with van der Waals surface area (Å²) in [6, 6.07) is 6.30. The maximum atomic E-state index is 11.0. The highest BCUT2D eigenvalue weighted by Crippen LogP contribution is 2.04. The molecule has 0 atom stereocenters. The molecule has 0 saturated carbocycles. The van der Waals surface area contributed by atoms with E-state index in [1.807, 2.05) is 6.07 Å². The zero-order valence-corrected chi connectivity index (χ0v) is 9.07. The van der Waals surface area contributed by atoms with Gasteiger partial charge in [-0.25, -0.2) is 4.98 Å². The number of nitrogens with zero attached hydrogens (tertiary/aromatic N) is 2. The third-order valence-electron chi connectivity index (χ3n) is 2.58. The van der Waals surface area contributed by atoms with Crippen LogP contribution in [0.3, 0.4) is 0 Å². The molecule has 5 heteroatoms. The monoisotopic (exact) mass is 219 g/mol. The Kier molecular flexibility index (Phi) is 3.48. The molecule has 1 fully saturated rings. The second-order valence-electron chi connectivity index (χ2n) is 3.82. The van der Waals surface area contributed by atoms with Gasteiger partial charge in [0.2, 0.25) is 0 Å². The van der Waals surface area contributed by atoms with E-state index >= 15 is 0 Å². The number of rotatable bonds is 3. The Hall–Kier alpha value is -1.46. The van der Waals surface area contributed by atoms with Crippen molar-refractivity contribution < 1.29 is 4.79 Å². The van der Waals surface area contributed by atoms with Gasteiger partial charge in [-0.2, -0.15) is 0 Å². The number of amides is 1. The van der Waals surface area contributed by atoms with Gasteiger partial charge in [0.05, 0.1) is 5.69 Å². The second-order valence-corrected chi connectivity index (χ2v) is 3.82. The van der Waals surface area contributed by atoms with Gasteiger partial charge < -0.3 is 11.1 Å². The molecule has 3 N–H and O–H groups in total. The molecule has 0 aromatic carbocycles. The van der Waals surface area contributed by atoms with E-state index in [-0.39, 0.29) is 5.69 Å². The highest BCUT2D eigenvalue weighted by Gasteiger charge is 2.11. The van der Waals surface area contributed by atoms with Crippen LogP contribution in [0.4, 0.5) is 0 Å². The average Bonchev–Trinajstić information content (AvgIpc) is 2.30. The number of primary amides is 1. The lowest BCUT2D eigenvalue weighted by Gasteiger charge is -2.26. The highest BCUT2D eigenvalue weighted by molar-refractivity contribution is 5.90. The molecular formula is C11H15N4O. The summed E-state index contributed by atoms with van der Waals surface area (Å²) in [5, 5.41) is 3.29. The number of carbonyl (C=O) groups excluding carboxylic acids is 1. The van der Waals surface area contributed by atoms with E-state index in [2.05, 4.69) is 21.3 Å². The standard InChI is InChI=1S/C11H15N4O/c12-11(16)10-3-1-2-9(14-10)8-15-6-4-13-5-7-15/h1-2,13H,4-8H2,(H2,12,16). The summed E-state index contributed by atoms with van der Waals surface area (Å²) in [4.78, 5) is 17.4. The molecule has 1 aromatic rings. The predicted octanol–water partition coefficient (Wildman–Crippen LogP) is -0.614. The number of aromatic nitrogens is 1. The Morgan fingerprint density at radius 3 is 3.00 bits per heavy atom. The molecule has 2 rings (SSSR count). The van der Waals surface area contributed by atoms with Crippen molar-refractivity contribution in [1.29, 1.82) is 0 Å². The van der Waals surface area contributed by atoms with Crippen LogP contribution in [-0.2, 0) is 6.54 Å². The van der Waals surface area contributed by atoms with E-state index in [1.54, 1.807) is 6.07 Å². The van der Waals surface area contributed by atoms with E-state index in [0.717, 1.165) is 38.4 Å². The number of nitrogens with two attached hydrogens (primary N) is 1. The van der Waals surface area contributed by atoms with E-state index in [4.69, 9.17) is 5.73 Å². The minimum Gasteiger partial charge on any atom is -0.364 e. The predicted molar refractivity (Wildman–Crippen MR) is 59.7 cm³/mol. The van der Waals surface area contributed by atoms with Crippen LogP contribution in [0.15, 0.2) is 12.1 Å². The van der Waals surface area contributed by atoms with Crippen LogP contribution in [0.2, 0.25) is 0 Å². The molecular weight excluding hydrogens is 204 g/mol. The van der Waals surface area contributed by atoms with Gasteiger partial charge >= 0.3 is 0 Å². The van der Waals surface area contributed by atoms with Crippen LogP contribution in [-0.4, -0.2) is 42.0 Å². The van der Waals surface area contributed by atoms with Gasteiger partial charge in [0, 0.05) is 38.8 Å². The Morgan fingerprint density at radius 1 is 1.56 bits per heavy atom. The normalized spacial score (nSPS) is 17.2. The van der Waals surface area contributed by atoms with Gasteiger partial charge in [-0.15, -0.1) is 0 Å². The molecule has 16 heavy (non-hydrogen) atoms. The molecule has 1 aliphatic rings. The minimum atomic E-state index is -0.526. The van der Waals surface area contributed by atoms with Gasteiger partial charge in [-0.1, -0.05) is 6.07 Å². The number of piperazine rings is 1. The first-order valence-electron chi connectivity index (χ1n) is 5.36. The van der Waals surface area contributed by atoms with Gasteiger partial charge in [0.1, 0.15) is 5.69 Å². The van der Waals surface area contributed by atoms with Crippen molar-refractivity contribution in [3.05, 3.63) is 29.6 Å². The second kappa shape index (κ2) is 5.05. The van der Waals surface area contributed by atoms with E-state index in [9.17, 15) is 4.79 Å². The fraction of sp³-hybridized carbons (Fsp3) is 0.455. The van der Waals surface area contributed by atoms with Crippen molar-refractivity contribution in [3.63, 3.8) is 0 Å². The topological polar surface area (TPSA) is 71.2 Å². The van der Waals surface area contributed by atoms with Crippen LogP contribution in [0, 0.1) is 6.07 Å². The van der Waals surface area contributed by atoms with Gasteiger partial charge in [-0.3, -0.25) is 9.69 Å². The lowest BCUT2D eigenvalue weighted by Crippen LogP contribution is -2.43. The van der Waals surface area contributed by atoms with Gasteiger partial charge in [0.25, 0.3) is 5.91 Å². The number of hydrogen-bond acceptors (Lipinski definition) is 4. The SMILES string of the molecule is NC(=O)c1[c]ccc(CN2CCNCC2)n1.